The molecule has 1 atom stereocenters. The van der Waals surface area contributed by atoms with Crippen molar-refractivity contribution < 1.29 is 4.74 Å². The van der Waals surface area contributed by atoms with Gasteiger partial charge < -0.3 is 4.74 Å². The largest absolute Gasteiger partial charge is 0.372 e. The van der Waals surface area contributed by atoms with E-state index in [1.54, 1.807) is 33.7 Å². The van der Waals surface area contributed by atoms with Crippen molar-refractivity contribution in [1.82, 2.24) is 9.55 Å². The number of fused-ring (bicyclic) bond motifs is 4. The van der Waals surface area contributed by atoms with E-state index >= 15 is 0 Å². The lowest BCUT2D eigenvalue weighted by atomic mass is 9.96. The third-order valence-electron chi connectivity index (χ3n) is 6.08. The molecule has 2 aromatic carbocycles. The van der Waals surface area contributed by atoms with E-state index in [4.69, 9.17) is 9.72 Å². The van der Waals surface area contributed by atoms with E-state index in [0.29, 0.717) is 19.1 Å². The van der Waals surface area contributed by atoms with Crippen LogP contribution in [0.15, 0.2) is 65.1 Å². The lowest BCUT2D eigenvalue weighted by molar-refractivity contribution is 0.00200. The molecule has 0 N–H and O–H groups in total. The smallest absolute Gasteiger partial charge is 0.263 e. The second-order valence-corrected chi connectivity index (χ2v) is 10.5. The number of benzene rings is 2. The molecule has 1 aliphatic rings. The minimum absolute atomic E-state index is 0.0391. The molecule has 0 amide bonds. The van der Waals surface area contributed by atoms with Crippen molar-refractivity contribution in [3.8, 4) is 0 Å². The predicted octanol–water partition coefficient (Wildman–Crippen LogP) is 6.19. The van der Waals surface area contributed by atoms with E-state index in [1.165, 1.54) is 16.3 Å². The number of aromatic nitrogens is 2. The first kappa shape index (κ1) is 21.4. The summed E-state index contributed by atoms with van der Waals surface area (Å²) in [6.07, 6.45) is 2.70. The highest BCUT2D eigenvalue weighted by atomic mass is 32.2. The Labute approximate surface area is 195 Å². The van der Waals surface area contributed by atoms with Gasteiger partial charge in [0.25, 0.3) is 5.56 Å². The van der Waals surface area contributed by atoms with Crippen LogP contribution in [0.2, 0.25) is 0 Å². The van der Waals surface area contributed by atoms with Gasteiger partial charge >= 0.3 is 0 Å². The second kappa shape index (κ2) is 8.85. The number of hydrogen-bond donors (Lipinski definition) is 0. The number of allylic oxidation sites excluding steroid dienone is 1. The van der Waals surface area contributed by atoms with Crippen LogP contribution in [0.3, 0.4) is 0 Å². The molecule has 3 heterocycles. The Balaban J connectivity index is 1.55. The molecule has 0 fully saturated rings. The summed E-state index contributed by atoms with van der Waals surface area (Å²) in [4.78, 5) is 20.5. The Morgan fingerprint density at radius 1 is 1.28 bits per heavy atom. The van der Waals surface area contributed by atoms with Gasteiger partial charge in [0.15, 0.2) is 5.16 Å². The molecule has 0 saturated heterocycles. The molecular formula is C26H26N2O2S2. The quantitative estimate of drug-likeness (QED) is 0.195. The number of rotatable bonds is 6. The Bertz CT molecular complexity index is 1360. The monoisotopic (exact) mass is 462 g/mol. The fraction of sp³-hybridized carbons (Fsp3) is 0.308. The molecule has 0 unspecified atom stereocenters. The van der Waals surface area contributed by atoms with Gasteiger partial charge in [0, 0.05) is 23.6 Å². The van der Waals surface area contributed by atoms with Gasteiger partial charge in [-0.15, -0.1) is 17.9 Å². The highest BCUT2D eigenvalue weighted by molar-refractivity contribution is 7.98. The summed E-state index contributed by atoms with van der Waals surface area (Å²) in [6, 6.07) is 14.8. The normalized spacial score (nSPS) is 16.0. The Morgan fingerprint density at radius 3 is 2.91 bits per heavy atom. The fourth-order valence-corrected chi connectivity index (χ4v) is 6.51. The van der Waals surface area contributed by atoms with Gasteiger partial charge in [0.1, 0.15) is 4.83 Å². The number of ether oxygens (including phenoxy) is 1. The van der Waals surface area contributed by atoms with Crippen LogP contribution in [-0.2, 0) is 30.1 Å². The van der Waals surface area contributed by atoms with Gasteiger partial charge in [-0.2, -0.15) is 0 Å². The molecule has 4 aromatic rings. The second-order valence-electron chi connectivity index (χ2n) is 8.51. The predicted molar refractivity (Wildman–Crippen MR) is 135 cm³/mol. The molecule has 0 spiro atoms. The maximum absolute atomic E-state index is 13.6. The lowest BCUT2D eigenvalue weighted by Gasteiger charge is -2.26. The van der Waals surface area contributed by atoms with E-state index in [1.807, 2.05) is 0 Å². The molecule has 0 aliphatic carbocycles. The molecular weight excluding hydrogens is 436 g/mol. The number of hydrogen-bond acceptors (Lipinski definition) is 5. The molecule has 0 bridgehead atoms. The van der Waals surface area contributed by atoms with Gasteiger partial charge in [-0.3, -0.25) is 9.36 Å². The zero-order chi connectivity index (χ0) is 22.2. The van der Waals surface area contributed by atoms with Crippen molar-refractivity contribution in [2.45, 2.75) is 50.4 Å². The molecule has 164 valence electrons. The minimum atomic E-state index is 0.0391. The highest BCUT2D eigenvalue weighted by Crippen LogP contribution is 2.36. The molecule has 4 nitrogen and oxygen atoms in total. The number of thioether (sulfide) groups is 1. The Kier molecular flexibility index (Phi) is 5.93. The van der Waals surface area contributed by atoms with E-state index in [9.17, 15) is 4.79 Å². The van der Waals surface area contributed by atoms with E-state index in [0.717, 1.165) is 38.0 Å². The zero-order valence-corrected chi connectivity index (χ0v) is 20.0. The summed E-state index contributed by atoms with van der Waals surface area (Å²) >= 11 is 3.22. The molecule has 5 rings (SSSR count). The van der Waals surface area contributed by atoms with Gasteiger partial charge in [-0.05, 0) is 27.8 Å². The molecule has 2 aromatic heterocycles. The third kappa shape index (κ3) is 3.81. The summed E-state index contributed by atoms with van der Waals surface area (Å²) in [5, 5.41) is 3.98. The molecule has 32 heavy (non-hydrogen) atoms. The van der Waals surface area contributed by atoms with Crippen molar-refractivity contribution >= 4 is 44.1 Å². The third-order valence-corrected chi connectivity index (χ3v) is 8.21. The van der Waals surface area contributed by atoms with Crippen LogP contribution >= 0.6 is 23.1 Å². The van der Waals surface area contributed by atoms with E-state index in [-0.39, 0.29) is 11.7 Å². The van der Waals surface area contributed by atoms with Crippen molar-refractivity contribution in [2.24, 2.45) is 5.92 Å². The van der Waals surface area contributed by atoms with Gasteiger partial charge in [0.05, 0.1) is 18.1 Å². The standard InChI is InChI=1S/C26H26N2O2S2/c1-4-12-28-25(29)23-20-13-21(16(2)3)30-14-22(20)32-24(23)27-26(28)31-15-18-10-7-9-17-8-5-6-11-19(17)18/h4-11,16,21H,1,12-15H2,2-3H3/t21-/m1/s1. The first-order valence-electron chi connectivity index (χ1n) is 10.9. The lowest BCUT2D eigenvalue weighted by Crippen LogP contribution is -2.28. The topological polar surface area (TPSA) is 44.1 Å². The number of thiophene rings is 1. The van der Waals surface area contributed by atoms with Crippen LogP contribution in [0.1, 0.15) is 29.9 Å². The number of nitrogens with zero attached hydrogens (tertiary/aromatic N) is 2. The van der Waals surface area contributed by atoms with Crippen molar-refractivity contribution in [3.63, 3.8) is 0 Å². The van der Waals surface area contributed by atoms with Crippen molar-refractivity contribution in [2.75, 3.05) is 0 Å². The van der Waals surface area contributed by atoms with Crippen LogP contribution < -0.4 is 5.56 Å². The first-order valence-corrected chi connectivity index (χ1v) is 12.7. The van der Waals surface area contributed by atoms with Gasteiger partial charge in [-0.1, -0.05) is 74.1 Å². The van der Waals surface area contributed by atoms with Crippen LogP contribution in [0.25, 0.3) is 21.0 Å². The highest BCUT2D eigenvalue weighted by Gasteiger charge is 2.28. The van der Waals surface area contributed by atoms with Gasteiger partial charge in [0.2, 0.25) is 0 Å². The van der Waals surface area contributed by atoms with Crippen LogP contribution in [0.5, 0.6) is 0 Å². The summed E-state index contributed by atoms with van der Waals surface area (Å²) < 4.78 is 7.82. The van der Waals surface area contributed by atoms with Gasteiger partial charge in [-0.25, -0.2) is 4.98 Å². The molecule has 6 heteroatoms. The molecule has 0 radical (unpaired) electrons. The van der Waals surface area contributed by atoms with Crippen molar-refractivity contribution in [3.05, 3.63) is 81.5 Å². The minimum Gasteiger partial charge on any atom is -0.372 e. The first-order chi connectivity index (χ1) is 15.6. The maximum atomic E-state index is 13.6. The maximum Gasteiger partial charge on any atom is 0.263 e. The Morgan fingerprint density at radius 2 is 2.09 bits per heavy atom. The summed E-state index contributed by atoms with van der Waals surface area (Å²) in [5.74, 6) is 1.16. The average Bonchev–Trinajstić information content (AvgIpc) is 3.17. The zero-order valence-electron chi connectivity index (χ0n) is 18.3. The summed E-state index contributed by atoms with van der Waals surface area (Å²) in [6.45, 7) is 9.23. The summed E-state index contributed by atoms with van der Waals surface area (Å²) in [5.41, 5.74) is 2.42. The Hall–Kier alpha value is -2.41. The summed E-state index contributed by atoms with van der Waals surface area (Å²) in [7, 11) is 0. The molecule has 0 saturated carbocycles. The van der Waals surface area contributed by atoms with Crippen LogP contribution in [0.4, 0.5) is 0 Å². The van der Waals surface area contributed by atoms with E-state index in [2.05, 4.69) is 62.9 Å². The van der Waals surface area contributed by atoms with E-state index < -0.39 is 0 Å². The SMILES string of the molecule is C=CCn1c(SCc2cccc3ccccc23)nc2sc3c(c2c1=O)C[C@H](C(C)C)OC3. The van der Waals surface area contributed by atoms with Crippen LogP contribution in [-0.4, -0.2) is 15.7 Å². The van der Waals surface area contributed by atoms with Crippen molar-refractivity contribution in [1.29, 1.82) is 0 Å². The fourth-order valence-electron chi connectivity index (χ4n) is 4.33. The average molecular weight is 463 g/mol. The molecule has 1 aliphatic heterocycles. The van der Waals surface area contributed by atoms with Crippen LogP contribution in [0, 0.1) is 5.92 Å².